The second kappa shape index (κ2) is 7.06. The van der Waals surface area contributed by atoms with Crippen molar-refractivity contribution in [2.75, 3.05) is 16.8 Å². The quantitative estimate of drug-likeness (QED) is 0.868. The summed E-state index contributed by atoms with van der Waals surface area (Å²) >= 11 is 0. The van der Waals surface area contributed by atoms with Crippen LogP contribution in [-0.4, -0.2) is 18.4 Å². The average Bonchev–Trinajstić information content (AvgIpc) is 2.95. The zero-order valence-corrected chi connectivity index (χ0v) is 14.9. The van der Waals surface area contributed by atoms with Gasteiger partial charge in [0.25, 0.3) is 0 Å². The van der Waals surface area contributed by atoms with Gasteiger partial charge in [-0.3, -0.25) is 9.59 Å². The van der Waals surface area contributed by atoms with Crippen molar-refractivity contribution in [3.05, 3.63) is 59.2 Å². The van der Waals surface area contributed by atoms with Crippen molar-refractivity contribution in [3.63, 3.8) is 0 Å². The lowest BCUT2D eigenvalue weighted by Crippen LogP contribution is -2.28. The van der Waals surface area contributed by atoms with Gasteiger partial charge < -0.3 is 10.2 Å². The maximum Gasteiger partial charge on any atom is 0.416 e. The van der Waals surface area contributed by atoms with Crippen LogP contribution in [0.2, 0.25) is 0 Å². The lowest BCUT2D eigenvalue weighted by molar-refractivity contribution is -0.137. The standard InChI is InChI=1S/C20H19F3N2O2/c1-12-6-13(2)8-17(7-12)25-11-14(9-18(25)26)19(27)24-16-5-3-4-15(10-16)20(21,22)23/h3-8,10,14H,9,11H2,1-2H3,(H,24,27)/t14-/m0/s1. The topological polar surface area (TPSA) is 49.4 Å². The van der Waals surface area contributed by atoms with Gasteiger partial charge in [0.05, 0.1) is 11.5 Å². The maximum absolute atomic E-state index is 12.8. The van der Waals surface area contributed by atoms with Crippen molar-refractivity contribution in [1.29, 1.82) is 0 Å². The predicted molar refractivity (Wildman–Crippen MR) is 96.4 cm³/mol. The second-order valence-corrected chi connectivity index (χ2v) is 6.82. The molecule has 0 bridgehead atoms. The first-order chi connectivity index (χ1) is 12.6. The Kier molecular flexibility index (Phi) is 4.95. The van der Waals surface area contributed by atoms with Gasteiger partial charge >= 0.3 is 6.18 Å². The SMILES string of the molecule is Cc1cc(C)cc(N2C[C@@H](C(=O)Nc3cccc(C(F)(F)F)c3)CC2=O)c1. The molecule has 2 aromatic carbocycles. The molecule has 2 amide bonds. The summed E-state index contributed by atoms with van der Waals surface area (Å²) in [6, 6.07) is 10.2. The number of hydrogen-bond donors (Lipinski definition) is 1. The highest BCUT2D eigenvalue weighted by molar-refractivity contribution is 6.03. The molecule has 1 saturated heterocycles. The number of alkyl halides is 3. The molecule has 1 heterocycles. The van der Waals surface area contributed by atoms with Gasteiger partial charge in [0.15, 0.2) is 0 Å². The minimum atomic E-state index is -4.48. The first-order valence-electron chi connectivity index (χ1n) is 8.50. The maximum atomic E-state index is 12.8. The van der Waals surface area contributed by atoms with E-state index in [-0.39, 0.29) is 24.6 Å². The monoisotopic (exact) mass is 376 g/mol. The largest absolute Gasteiger partial charge is 0.416 e. The van der Waals surface area contributed by atoms with Gasteiger partial charge in [0.1, 0.15) is 0 Å². The van der Waals surface area contributed by atoms with E-state index in [0.717, 1.165) is 28.9 Å². The minimum Gasteiger partial charge on any atom is -0.326 e. The highest BCUT2D eigenvalue weighted by Gasteiger charge is 2.36. The zero-order chi connectivity index (χ0) is 19.8. The number of aryl methyl sites for hydroxylation is 2. The van der Waals surface area contributed by atoms with Gasteiger partial charge in [-0.2, -0.15) is 13.2 Å². The molecule has 1 fully saturated rings. The second-order valence-electron chi connectivity index (χ2n) is 6.82. The number of nitrogens with one attached hydrogen (secondary N) is 1. The molecule has 142 valence electrons. The Hall–Kier alpha value is -2.83. The lowest BCUT2D eigenvalue weighted by atomic mass is 10.1. The lowest BCUT2D eigenvalue weighted by Gasteiger charge is -2.18. The number of amides is 2. The number of rotatable bonds is 3. The van der Waals surface area contributed by atoms with Crippen LogP contribution in [0.15, 0.2) is 42.5 Å². The summed E-state index contributed by atoms with van der Waals surface area (Å²) < 4.78 is 38.4. The fourth-order valence-electron chi connectivity index (χ4n) is 3.26. The molecule has 0 aliphatic carbocycles. The molecule has 7 heteroatoms. The molecule has 27 heavy (non-hydrogen) atoms. The van der Waals surface area contributed by atoms with E-state index in [9.17, 15) is 22.8 Å². The third-order valence-electron chi connectivity index (χ3n) is 4.47. The normalized spacial score (nSPS) is 17.3. The highest BCUT2D eigenvalue weighted by Crippen LogP contribution is 2.31. The third-order valence-corrected chi connectivity index (χ3v) is 4.47. The summed E-state index contributed by atoms with van der Waals surface area (Å²) in [7, 11) is 0. The summed E-state index contributed by atoms with van der Waals surface area (Å²) in [4.78, 5) is 26.4. The van der Waals surface area contributed by atoms with Crippen LogP contribution in [-0.2, 0) is 15.8 Å². The Morgan fingerprint density at radius 1 is 1.11 bits per heavy atom. The van der Waals surface area contributed by atoms with Crippen LogP contribution >= 0.6 is 0 Å². The number of carbonyl (C=O) groups excluding carboxylic acids is 2. The minimum absolute atomic E-state index is 0.0256. The van der Waals surface area contributed by atoms with Crippen LogP contribution < -0.4 is 10.2 Å². The van der Waals surface area contributed by atoms with E-state index in [1.807, 2.05) is 32.0 Å². The number of hydrogen-bond acceptors (Lipinski definition) is 2. The molecule has 1 atom stereocenters. The van der Waals surface area contributed by atoms with E-state index in [1.165, 1.54) is 12.1 Å². The van der Waals surface area contributed by atoms with Gasteiger partial charge in [0.2, 0.25) is 11.8 Å². The van der Waals surface area contributed by atoms with Crippen LogP contribution in [0.1, 0.15) is 23.1 Å². The summed E-state index contributed by atoms with van der Waals surface area (Å²) in [6.07, 6.45) is -4.46. The van der Waals surface area contributed by atoms with Gasteiger partial charge in [-0.1, -0.05) is 12.1 Å². The van der Waals surface area contributed by atoms with E-state index in [2.05, 4.69) is 5.32 Å². The fourth-order valence-corrected chi connectivity index (χ4v) is 3.26. The first-order valence-corrected chi connectivity index (χ1v) is 8.50. The van der Waals surface area contributed by atoms with Gasteiger partial charge in [-0.05, 0) is 55.3 Å². The van der Waals surface area contributed by atoms with Crippen molar-refractivity contribution in [1.82, 2.24) is 0 Å². The van der Waals surface area contributed by atoms with E-state index >= 15 is 0 Å². The van der Waals surface area contributed by atoms with Crippen molar-refractivity contribution < 1.29 is 22.8 Å². The summed E-state index contributed by atoms with van der Waals surface area (Å²) in [5.74, 6) is -1.26. The summed E-state index contributed by atoms with van der Waals surface area (Å²) in [6.45, 7) is 4.05. The highest BCUT2D eigenvalue weighted by atomic mass is 19.4. The van der Waals surface area contributed by atoms with Crippen molar-refractivity contribution in [2.24, 2.45) is 5.92 Å². The molecule has 1 aliphatic heterocycles. The average molecular weight is 376 g/mol. The van der Waals surface area contributed by atoms with E-state index in [0.29, 0.717) is 0 Å². The first kappa shape index (κ1) is 18.9. The number of anilines is 2. The molecule has 4 nitrogen and oxygen atoms in total. The van der Waals surface area contributed by atoms with E-state index in [1.54, 1.807) is 4.90 Å². The van der Waals surface area contributed by atoms with E-state index in [4.69, 9.17) is 0 Å². The van der Waals surface area contributed by atoms with Gasteiger partial charge in [-0.25, -0.2) is 0 Å². The number of carbonyl (C=O) groups is 2. The Morgan fingerprint density at radius 2 is 1.78 bits per heavy atom. The van der Waals surface area contributed by atoms with Gasteiger partial charge in [-0.15, -0.1) is 0 Å². The molecule has 0 saturated carbocycles. The summed E-state index contributed by atoms with van der Waals surface area (Å²) in [5.41, 5.74) is 1.97. The molecule has 0 radical (unpaired) electrons. The molecule has 0 spiro atoms. The number of nitrogens with zero attached hydrogens (tertiary/aromatic N) is 1. The van der Waals surface area contributed by atoms with Crippen LogP contribution in [0.3, 0.4) is 0 Å². The molecule has 1 N–H and O–H groups in total. The molecular formula is C20H19F3N2O2. The molecule has 0 aromatic heterocycles. The molecule has 1 aliphatic rings. The van der Waals surface area contributed by atoms with Crippen LogP contribution in [0.25, 0.3) is 0 Å². The van der Waals surface area contributed by atoms with Crippen LogP contribution in [0.4, 0.5) is 24.5 Å². The van der Waals surface area contributed by atoms with Gasteiger partial charge in [0, 0.05) is 24.3 Å². The van der Waals surface area contributed by atoms with E-state index < -0.39 is 23.6 Å². The fraction of sp³-hybridized carbons (Fsp3) is 0.300. The number of halogens is 3. The predicted octanol–water partition coefficient (Wildman–Crippen LogP) is 4.31. The third kappa shape index (κ3) is 4.30. The van der Waals surface area contributed by atoms with Crippen molar-refractivity contribution in [3.8, 4) is 0 Å². The van der Waals surface area contributed by atoms with Crippen molar-refractivity contribution in [2.45, 2.75) is 26.4 Å². The Balaban J connectivity index is 1.73. The van der Waals surface area contributed by atoms with Crippen LogP contribution in [0.5, 0.6) is 0 Å². The Morgan fingerprint density at radius 3 is 2.41 bits per heavy atom. The molecule has 3 rings (SSSR count). The zero-order valence-electron chi connectivity index (χ0n) is 14.9. The Labute approximate surface area is 155 Å². The van der Waals surface area contributed by atoms with Crippen molar-refractivity contribution >= 4 is 23.2 Å². The molecule has 0 unspecified atom stereocenters. The van der Waals surface area contributed by atoms with Crippen LogP contribution in [0, 0.1) is 19.8 Å². The molecule has 2 aromatic rings. The number of benzene rings is 2. The smallest absolute Gasteiger partial charge is 0.326 e. The summed E-state index contributed by atoms with van der Waals surface area (Å²) in [5, 5.41) is 2.49. The Bertz CT molecular complexity index is 873. The molecular weight excluding hydrogens is 357 g/mol.